The lowest BCUT2D eigenvalue weighted by Gasteiger charge is -2.19. The molecule has 0 spiro atoms. The molecule has 1 fully saturated rings. The maximum Gasteiger partial charge on any atom is 0.490 e. The van der Waals surface area contributed by atoms with Gasteiger partial charge in [0.2, 0.25) is 0 Å². The lowest BCUT2D eigenvalue weighted by atomic mass is 9.97. The predicted octanol–water partition coefficient (Wildman–Crippen LogP) is 2.27. The molecule has 0 saturated carbocycles. The number of aliphatic hydroxyl groups is 2. The molecule has 6 atom stereocenters. The molecule has 17 nitrogen and oxygen atoms in total. The number of phosphoric ester groups is 1. The predicted molar refractivity (Wildman–Crippen MR) is 139 cm³/mol. The summed E-state index contributed by atoms with van der Waals surface area (Å²) in [5, 5.41) is 27.3. The first-order valence-electron chi connectivity index (χ1n) is 11.7. The standard InChI is InChI=1S/C21H21N4O13P3/c26-17-15(8-35-40(31,32)38-41(33,34)37-39(28,29)30)36-21(18(17)27)25-7-13-12-5-10-3-1-2-4-11(10)6-14(12)24-19-16(13)20(25)23-9-22-19/h1-7,9,15,17-18,21,26-27H,8H2,(H,31,32)(H,33,34)(H,22,23,24)(H2,28,29,30). The van der Waals surface area contributed by atoms with Gasteiger partial charge in [0.25, 0.3) is 0 Å². The van der Waals surface area contributed by atoms with Gasteiger partial charge < -0.3 is 44.4 Å². The van der Waals surface area contributed by atoms with E-state index < -0.39 is 54.6 Å². The Bertz CT molecular complexity index is 1830. The summed E-state index contributed by atoms with van der Waals surface area (Å²) in [5.74, 6) is 0.503. The van der Waals surface area contributed by atoms with E-state index in [1.54, 1.807) is 6.20 Å². The van der Waals surface area contributed by atoms with E-state index in [-0.39, 0.29) is 0 Å². The smallest absolute Gasteiger partial charge is 0.387 e. The van der Waals surface area contributed by atoms with Crippen molar-refractivity contribution in [3.8, 4) is 11.1 Å². The Hall–Kier alpha value is -2.59. The number of aromatic nitrogens is 3. The van der Waals surface area contributed by atoms with Crippen molar-refractivity contribution in [2.24, 2.45) is 0 Å². The molecule has 41 heavy (non-hydrogen) atoms. The second-order valence-electron chi connectivity index (χ2n) is 9.17. The van der Waals surface area contributed by atoms with Gasteiger partial charge in [0.05, 0.1) is 12.0 Å². The first-order valence-corrected chi connectivity index (χ1v) is 16.2. The van der Waals surface area contributed by atoms with Crippen LogP contribution in [0.1, 0.15) is 6.23 Å². The number of phosphoric acid groups is 3. The van der Waals surface area contributed by atoms with Crippen LogP contribution in [0.4, 0.5) is 11.5 Å². The van der Waals surface area contributed by atoms with E-state index in [1.165, 1.54) is 10.9 Å². The second kappa shape index (κ2) is 10.0. The summed E-state index contributed by atoms with van der Waals surface area (Å²) in [4.78, 5) is 45.0. The molecule has 2 aromatic heterocycles. The minimum Gasteiger partial charge on any atom is -0.387 e. The zero-order valence-electron chi connectivity index (χ0n) is 20.4. The van der Waals surface area contributed by atoms with Crippen molar-refractivity contribution in [1.82, 2.24) is 14.5 Å². The van der Waals surface area contributed by atoms with Crippen molar-refractivity contribution in [2.75, 3.05) is 11.9 Å². The van der Waals surface area contributed by atoms with E-state index in [2.05, 4.69) is 28.4 Å². The lowest BCUT2D eigenvalue weighted by molar-refractivity contribution is -0.0500. The highest BCUT2D eigenvalue weighted by atomic mass is 31.3. The molecule has 4 aromatic rings. The van der Waals surface area contributed by atoms with Gasteiger partial charge in [-0.25, -0.2) is 23.7 Å². The Morgan fingerprint density at radius 3 is 2.34 bits per heavy atom. The number of nitrogens with zero attached hydrogens (tertiary/aromatic N) is 3. The third-order valence-corrected chi connectivity index (χ3v) is 10.3. The largest absolute Gasteiger partial charge is 0.490 e. The van der Waals surface area contributed by atoms with E-state index in [1.807, 2.05) is 36.4 Å². The summed E-state index contributed by atoms with van der Waals surface area (Å²) in [6, 6.07) is 11.7. The van der Waals surface area contributed by atoms with Gasteiger partial charge in [-0.3, -0.25) is 4.52 Å². The molecule has 7 N–H and O–H groups in total. The summed E-state index contributed by atoms with van der Waals surface area (Å²) in [6.07, 6.45) is -3.00. The number of fused-ring (bicyclic) bond motifs is 3. The van der Waals surface area contributed by atoms with Crippen molar-refractivity contribution in [2.45, 2.75) is 24.5 Å². The fourth-order valence-electron chi connectivity index (χ4n) is 4.84. The van der Waals surface area contributed by atoms with Crippen molar-refractivity contribution in [1.29, 1.82) is 0 Å². The van der Waals surface area contributed by atoms with Gasteiger partial charge in [-0.2, -0.15) is 8.62 Å². The maximum atomic E-state index is 12.1. The molecule has 0 radical (unpaired) electrons. The average molecular weight is 630 g/mol. The molecule has 6 rings (SSSR count). The highest BCUT2D eigenvalue weighted by molar-refractivity contribution is 7.66. The van der Waals surface area contributed by atoms with Crippen LogP contribution in [-0.4, -0.2) is 69.2 Å². The molecule has 1 saturated heterocycles. The quantitative estimate of drug-likeness (QED) is 0.121. The topological polar surface area (TPSA) is 252 Å². The molecule has 2 aliphatic heterocycles. The van der Waals surface area contributed by atoms with E-state index in [9.17, 15) is 33.7 Å². The fourth-order valence-corrected chi connectivity index (χ4v) is 7.87. The molecular weight excluding hydrogens is 609 g/mol. The molecule has 6 unspecified atom stereocenters. The van der Waals surface area contributed by atoms with Gasteiger partial charge in [-0.1, -0.05) is 24.3 Å². The number of hydrogen-bond donors (Lipinski definition) is 7. The molecule has 4 heterocycles. The second-order valence-corrected chi connectivity index (χ2v) is 13.6. The monoisotopic (exact) mass is 630 g/mol. The summed E-state index contributed by atoms with van der Waals surface area (Å²) >= 11 is 0. The third-order valence-electron chi connectivity index (χ3n) is 6.47. The van der Waals surface area contributed by atoms with Gasteiger partial charge >= 0.3 is 23.5 Å². The Morgan fingerprint density at radius 2 is 1.63 bits per heavy atom. The Labute approximate surface area is 229 Å². The number of anilines is 2. The van der Waals surface area contributed by atoms with Crippen LogP contribution in [0.2, 0.25) is 0 Å². The number of benzene rings is 2. The highest BCUT2D eigenvalue weighted by Gasteiger charge is 2.47. The molecule has 0 bridgehead atoms. The Balaban J connectivity index is 1.27. The average Bonchev–Trinajstić information content (AvgIpc) is 3.38. The van der Waals surface area contributed by atoms with Gasteiger partial charge in [-0.15, -0.1) is 0 Å². The number of hydrogen-bond acceptors (Lipinski definition) is 12. The van der Waals surface area contributed by atoms with Crippen LogP contribution in [-0.2, 0) is 31.6 Å². The van der Waals surface area contributed by atoms with Crippen LogP contribution in [0.15, 0.2) is 48.9 Å². The Morgan fingerprint density at radius 1 is 0.927 bits per heavy atom. The van der Waals surface area contributed by atoms with Crippen LogP contribution < -0.4 is 5.32 Å². The third kappa shape index (κ3) is 5.49. The van der Waals surface area contributed by atoms with E-state index in [4.69, 9.17) is 14.5 Å². The van der Waals surface area contributed by atoms with Gasteiger partial charge in [-0.05, 0) is 22.9 Å². The zero-order valence-corrected chi connectivity index (χ0v) is 23.0. The highest BCUT2D eigenvalue weighted by Crippen LogP contribution is 2.66. The Kier molecular flexibility index (Phi) is 6.96. The summed E-state index contributed by atoms with van der Waals surface area (Å²) < 4.78 is 53.6. The van der Waals surface area contributed by atoms with Crippen LogP contribution in [0.25, 0.3) is 32.9 Å². The molecular formula is C21H21N4O13P3. The summed E-state index contributed by atoms with van der Waals surface area (Å²) in [7, 11) is -16.8. The molecule has 2 aromatic carbocycles. The number of nitrogens with one attached hydrogen (secondary N) is 1. The van der Waals surface area contributed by atoms with Gasteiger partial charge in [0, 0.05) is 23.0 Å². The molecule has 0 aliphatic carbocycles. The molecule has 20 heteroatoms. The summed E-state index contributed by atoms with van der Waals surface area (Å²) in [5.41, 5.74) is 2.68. The SMILES string of the molecule is O=P(O)(O)OP(=O)(O)OP(=O)(O)OCC1OC(n2cc3c4c(ncnc42)Nc2cc4ccccc4cc2-3)C(O)C1O. The van der Waals surface area contributed by atoms with E-state index in [0.29, 0.717) is 16.9 Å². The first-order chi connectivity index (χ1) is 19.2. The van der Waals surface area contributed by atoms with Crippen LogP contribution >= 0.6 is 23.5 Å². The number of ether oxygens (including phenoxy) is 1. The normalized spacial score (nSPS) is 25.0. The van der Waals surface area contributed by atoms with E-state index >= 15 is 0 Å². The fraction of sp³-hybridized carbons (Fsp3) is 0.238. The summed E-state index contributed by atoms with van der Waals surface area (Å²) in [6.45, 7) is -0.943. The first kappa shape index (κ1) is 28.5. The minimum atomic E-state index is -5.73. The molecule has 218 valence electrons. The lowest BCUT2D eigenvalue weighted by Crippen LogP contribution is -2.33. The number of aliphatic hydroxyl groups excluding tert-OH is 2. The zero-order chi connectivity index (χ0) is 29.3. The minimum absolute atomic E-state index is 0.348. The maximum absolute atomic E-state index is 12.1. The van der Waals surface area contributed by atoms with Gasteiger partial charge in [0.1, 0.15) is 36.1 Å². The van der Waals surface area contributed by atoms with Crippen molar-refractivity contribution in [3.05, 3.63) is 48.9 Å². The van der Waals surface area contributed by atoms with Crippen LogP contribution in [0.3, 0.4) is 0 Å². The van der Waals surface area contributed by atoms with E-state index in [0.717, 1.165) is 27.6 Å². The van der Waals surface area contributed by atoms with Crippen LogP contribution in [0, 0.1) is 0 Å². The number of rotatable bonds is 8. The van der Waals surface area contributed by atoms with Crippen molar-refractivity contribution < 1.29 is 61.4 Å². The molecule has 0 amide bonds. The molecule has 2 aliphatic rings. The van der Waals surface area contributed by atoms with Crippen molar-refractivity contribution in [3.63, 3.8) is 0 Å². The van der Waals surface area contributed by atoms with Gasteiger partial charge in [0.15, 0.2) is 6.23 Å². The van der Waals surface area contributed by atoms with Crippen molar-refractivity contribution >= 4 is 56.8 Å². The van der Waals surface area contributed by atoms with Crippen LogP contribution in [0.5, 0.6) is 0 Å².